The van der Waals surface area contributed by atoms with E-state index in [2.05, 4.69) is 0 Å². The fraction of sp³-hybridized carbons (Fsp3) is 1.00. The maximum Gasteiger partial charge on any atom is 0.332 e. The third kappa shape index (κ3) is 11.7. The van der Waals surface area contributed by atoms with Gasteiger partial charge in [-0.2, -0.15) is 0 Å². The van der Waals surface area contributed by atoms with Gasteiger partial charge in [0.05, 0.1) is 19.8 Å². The molecule has 0 N–H and O–H groups in total. The highest BCUT2D eigenvalue weighted by Crippen LogP contribution is 2.39. The summed E-state index contributed by atoms with van der Waals surface area (Å²) in [5.41, 5.74) is 0. The van der Waals surface area contributed by atoms with E-state index in [9.17, 15) is 0 Å². The average molecular weight is 312 g/mol. The van der Waals surface area contributed by atoms with Crippen LogP contribution in [0.4, 0.5) is 0 Å². The fourth-order valence-corrected chi connectivity index (χ4v) is 2.08. The van der Waals surface area contributed by atoms with Crippen LogP contribution in [0, 0.1) is 0 Å². The van der Waals surface area contributed by atoms with Gasteiger partial charge in [0.25, 0.3) is 0 Å². The number of rotatable bonds is 12. The first kappa shape index (κ1) is 17.2. The lowest BCUT2D eigenvalue weighted by Gasteiger charge is -2.15. The molecular weight excluding hydrogens is 293 g/mol. The quantitative estimate of drug-likeness (QED) is 0.308. The summed E-state index contributed by atoms with van der Waals surface area (Å²) in [5, 5.41) is 0. The first-order valence-corrected chi connectivity index (χ1v) is 7.91. The van der Waals surface area contributed by atoms with Crippen molar-refractivity contribution in [1.82, 2.24) is 0 Å². The second kappa shape index (κ2) is 14.2. The van der Waals surface area contributed by atoms with E-state index in [1.54, 1.807) is 0 Å². The lowest BCUT2D eigenvalue weighted by atomic mass is 10.5. The highest BCUT2D eigenvalue weighted by molar-refractivity contribution is 7.41. The molecule has 0 amide bonds. The maximum absolute atomic E-state index is 5.55. The molecule has 0 saturated carbocycles. The summed E-state index contributed by atoms with van der Waals surface area (Å²) in [6.07, 6.45) is 2.37. The molecule has 0 aromatic carbocycles. The lowest BCUT2D eigenvalue weighted by molar-refractivity contribution is 0.161. The minimum absolute atomic E-state index is 0.553. The molecule has 0 atom stereocenters. The van der Waals surface area contributed by atoms with Crippen molar-refractivity contribution in [3.8, 4) is 0 Å². The van der Waals surface area contributed by atoms with Gasteiger partial charge < -0.3 is 13.6 Å². The van der Waals surface area contributed by atoms with Gasteiger partial charge in [0, 0.05) is 17.6 Å². The van der Waals surface area contributed by atoms with Gasteiger partial charge in [0.2, 0.25) is 0 Å². The summed E-state index contributed by atoms with van der Waals surface area (Å²) >= 11 is 16.6. The Hall–Kier alpha value is 1.18. The summed E-state index contributed by atoms with van der Waals surface area (Å²) in [4.78, 5) is 0. The molecule has 0 aromatic rings. The Balaban J connectivity index is 3.58. The molecule has 16 heavy (non-hydrogen) atoms. The van der Waals surface area contributed by atoms with Gasteiger partial charge in [-0.15, -0.1) is 34.8 Å². The topological polar surface area (TPSA) is 27.7 Å². The average Bonchev–Trinajstić information content (AvgIpc) is 2.29. The normalized spacial score (nSPS) is 11.2. The van der Waals surface area contributed by atoms with Crippen LogP contribution in [-0.2, 0) is 13.6 Å². The Bertz CT molecular complexity index is 119. The van der Waals surface area contributed by atoms with Crippen molar-refractivity contribution in [2.45, 2.75) is 19.3 Å². The minimum Gasteiger partial charge on any atom is -0.312 e. The molecule has 0 aliphatic heterocycles. The molecule has 7 heteroatoms. The molecular formula is C9H18Cl3O3P. The van der Waals surface area contributed by atoms with E-state index in [1.165, 1.54) is 0 Å². The molecule has 98 valence electrons. The van der Waals surface area contributed by atoms with Gasteiger partial charge in [-0.3, -0.25) is 0 Å². The van der Waals surface area contributed by atoms with Crippen LogP contribution in [0.5, 0.6) is 0 Å². The molecule has 0 bridgehead atoms. The van der Waals surface area contributed by atoms with Crippen LogP contribution in [0.1, 0.15) is 19.3 Å². The number of hydrogen-bond donors (Lipinski definition) is 0. The van der Waals surface area contributed by atoms with E-state index in [0.717, 1.165) is 19.3 Å². The van der Waals surface area contributed by atoms with Crippen molar-refractivity contribution in [2.24, 2.45) is 0 Å². The van der Waals surface area contributed by atoms with Crippen LogP contribution in [0.3, 0.4) is 0 Å². The van der Waals surface area contributed by atoms with Crippen molar-refractivity contribution in [3.63, 3.8) is 0 Å². The van der Waals surface area contributed by atoms with Gasteiger partial charge in [0.1, 0.15) is 0 Å². The molecule has 0 heterocycles. The van der Waals surface area contributed by atoms with E-state index in [1.807, 2.05) is 0 Å². The van der Waals surface area contributed by atoms with Crippen molar-refractivity contribution >= 4 is 43.4 Å². The third-order valence-corrected chi connectivity index (χ3v) is 3.41. The molecule has 0 saturated heterocycles. The molecule has 0 spiro atoms. The zero-order chi connectivity index (χ0) is 12.1. The molecule has 0 fully saturated rings. The fourth-order valence-electron chi connectivity index (χ4n) is 0.693. The van der Waals surface area contributed by atoms with Gasteiger partial charge in [0.15, 0.2) is 0 Å². The Morgan fingerprint density at radius 1 is 0.625 bits per heavy atom. The second-order valence-corrected chi connectivity index (χ2v) is 5.21. The lowest BCUT2D eigenvalue weighted by Crippen LogP contribution is -2.01. The number of halogens is 3. The zero-order valence-electron chi connectivity index (χ0n) is 9.17. The second-order valence-electron chi connectivity index (χ2n) is 2.85. The molecule has 0 aromatic heterocycles. The van der Waals surface area contributed by atoms with Crippen molar-refractivity contribution in [3.05, 3.63) is 0 Å². The molecule has 0 rings (SSSR count). The summed E-state index contributed by atoms with van der Waals surface area (Å²) < 4.78 is 16.3. The number of hydrogen-bond acceptors (Lipinski definition) is 3. The first-order chi connectivity index (χ1) is 7.85. The Morgan fingerprint density at radius 3 is 1.19 bits per heavy atom. The minimum atomic E-state index is -1.27. The molecule has 3 nitrogen and oxygen atoms in total. The monoisotopic (exact) mass is 310 g/mol. The largest absolute Gasteiger partial charge is 0.332 e. The van der Waals surface area contributed by atoms with Crippen LogP contribution >= 0.6 is 43.4 Å². The van der Waals surface area contributed by atoms with E-state index in [4.69, 9.17) is 48.4 Å². The van der Waals surface area contributed by atoms with Crippen LogP contribution < -0.4 is 0 Å². The predicted molar refractivity (Wildman–Crippen MR) is 70.8 cm³/mol. The van der Waals surface area contributed by atoms with Crippen molar-refractivity contribution in [1.29, 1.82) is 0 Å². The molecule has 0 aliphatic rings. The summed E-state index contributed by atoms with van der Waals surface area (Å²) in [7, 11) is -1.27. The van der Waals surface area contributed by atoms with Crippen LogP contribution in [0.15, 0.2) is 0 Å². The van der Waals surface area contributed by atoms with Gasteiger partial charge in [-0.05, 0) is 19.3 Å². The molecule has 0 unspecified atom stereocenters. The Morgan fingerprint density at radius 2 is 0.938 bits per heavy atom. The third-order valence-electron chi connectivity index (χ3n) is 1.42. The van der Waals surface area contributed by atoms with Gasteiger partial charge in [-0.1, -0.05) is 0 Å². The zero-order valence-corrected chi connectivity index (χ0v) is 12.3. The highest BCUT2D eigenvalue weighted by atomic mass is 35.5. The van der Waals surface area contributed by atoms with Crippen molar-refractivity contribution in [2.75, 3.05) is 37.5 Å². The first-order valence-electron chi connectivity index (χ1n) is 5.22. The smallest absolute Gasteiger partial charge is 0.312 e. The summed E-state index contributed by atoms with van der Waals surface area (Å²) in [6, 6.07) is 0. The van der Waals surface area contributed by atoms with E-state index < -0.39 is 8.60 Å². The highest BCUT2D eigenvalue weighted by Gasteiger charge is 2.11. The molecule has 0 radical (unpaired) electrons. The van der Waals surface area contributed by atoms with Gasteiger partial charge >= 0.3 is 8.60 Å². The van der Waals surface area contributed by atoms with E-state index >= 15 is 0 Å². The predicted octanol–water partition coefficient (Wildman–Crippen LogP) is 4.15. The van der Waals surface area contributed by atoms with E-state index in [-0.39, 0.29) is 0 Å². The summed E-state index contributed by atoms with van der Waals surface area (Å²) in [5.74, 6) is 1.73. The Labute approximate surface area is 114 Å². The van der Waals surface area contributed by atoms with Crippen molar-refractivity contribution < 1.29 is 13.6 Å². The number of alkyl halides is 3. The van der Waals surface area contributed by atoms with Crippen LogP contribution in [0.25, 0.3) is 0 Å². The summed E-state index contributed by atoms with van der Waals surface area (Å²) in [6.45, 7) is 1.66. The van der Waals surface area contributed by atoms with Crippen LogP contribution in [0.2, 0.25) is 0 Å². The van der Waals surface area contributed by atoms with E-state index in [0.29, 0.717) is 37.5 Å². The van der Waals surface area contributed by atoms with Gasteiger partial charge in [-0.25, -0.2) is 0 Å². The Kier molecular flexibility index (Phi) is 15.3. The maximum atomic E-state index is 5.55. The SMILES string of the molecule is ClCCCOP(OCCCCl)OCCCCl. The molecule has 0 aliphatic carbocycles. The standard InChI is InChI=1S/C9H18Cl3O3P/c10-4-1-7-13-16(14-8-2-5-11)15-9-3-6-12/h1-9H2. The van der Waals surface area contributed by atoms with Crippen LogP contribution in [-0.4, -0.2) is 37.5 Å².